The number of carbonyl (C=O) groups excluding carboxylic acids is 1. The van der Waals surface area contributed by atoms with Crippen molar-refractivity contribution in [1.29, 1.82) is 0 Å². The number of benzene rings is 1. The third kappa shape index (κ3) is 5.57. The minimum atomic E-state index is -0.526. The molecule has 140 valence electrons. The molecule has 2 rings (SSSR count). The van der Waals surface area contributed by atoms with Crippen LogP contribution in [-0.2, 0) is 16.0 Å². The Bertz CT molecular complexity index is 496. The number of aryl methyl sites for hydroxylation is 1. The lowest BCUT2D eigenvalue weighted by molar-refractivity contribution is -0.155. The Kier molecular flexibility index (Phi) is 8.47. The molecule has 3 heteroatoms. The van der Waals surface area contributed by atoms with Crippen molar-refractivity contribution in [3.8, 4) is 0 Å². The Morgan fingerprint density at radius 1 is 1.16 bits per heavy atom. The zero-order chi connectivity index (χ0) is 18.0. The third-order valence-electron chi connectivity index (χ3n) is 5.56. The van der Waals surface area contributed by atoms with Crippen LogP contribution >= 0.6 is 0 Å². The van der Waals surface area contributed by atoms with Gasteiger partial charge in [-0.1, -0.05) is 62.9 Å². The summed E-state index contributed by atoms with van der Waals surface area (Å²) in [6.07, 6.45) is 9.98. The third-order valence-corrected chi connectivity index (χ3v) is 5.56. The topological polar surface area (TPSA) is 38.3 Å². The fraction of sp³-hybridized carbons (Fsp3) is 0.682. The molecule has 0 aliphatic heterocycles. The van der Waals surface area contributed by atoms with Gasteiger partial charge >= 0.3 is 5.97 Å². The maximum absolute atomic E-state index is 13.1. The normalized spacial score (nSPS) is 17.8. The maximum atomic E-state index is 13.1. The first-order valence-corrected chi connectivity index (χ1v) is 10.2. The van der Waals surface area contributed by atoms with E-state index in [1.807, 2.05) is 13.0 Å². The number of hydrogen-bond donors (Lipinski definition) is 1. The van der Waals surface area contributed by atoms with Crippen molar-refractivity contribution in [1.82, 2.24) is 5.32 Å². The second-order valence-corrected chi connectivity index (χ2v) is 7.29. The van der Waals surface area contributed by atoms with Crippen LogP contribution in [-0.4, -0.2) is 24.7 Å². The highest BCUT2D eigenvalue weighted by Gasteiger charge is 2.46. The highest BCUT2D eigenvalue weighted by Crippen LogP contribution is 2.37. The number of nitrogens with one attached hydrogen (secondary N) is 1. The van der Waals surface area contributed by atoms with Gasteiger partial charge in [-0.2, -0.15) is 0 Å². The van der Waals surface area contributed by atoms with Gasteiger partial charge in [0.15, 0.2) is 0 Å². The van der Waals surface area contributed by atoms with Crippen LogP contribution in [0.3, 0.4) is 0 Å². The van der Waals surface area contributed by atoms with Crippen LogP contribution in [0.25, 0.3) is 0 Å². The average molecular weight is 346 g/mol. The molecule has 1 aromatic carbocycles. The summed E-state index contributed by atoms with van der Waals surface area (Å²) in [5.41, 5.74) is 0.769. The summed E-state index contributed by atoms with van der Waals surface area (Å²) in [5, 5.41) is 3.68. The molecule has 1 fully saturated rings. The molecule has 0 amide bonds. The summed E-state index contributed by atoms with van der Waals surface area (Å²) < 4.78 is 5.58. The smallest absolute Gasteiger partial charge is 0.326 e. The highest BCUT2D eigenvalue weighted by molar-refractivity contribution is 5.81. The SMILES string of the molecule is CCCCNC(CCc1ccccc1)(C(=O)OCC)C1CCCCC1. The first-order chi connectivity index (χ1) is 12.2. The summed E-state index contributed by atoms with van der Waals surface area (Å²) in [6.45, 7) is 5.44. The van der Waals surface area contributed by atoms with E-state index in [0.29, 0.717) is 12.5 Å². The van der Waals surface area contributed by atoms with E-state index in [1.54, 1.807) is 0 Å². The fourth-order valence-electron chi connectivity index (χ4n) is 4.11. The van der Waals surface area contributed by atoms with Crippen molar-refractivity contribution in [3.05, 3.63) is 35.9 Å². The second-order valence-electron chi connectivity index (χ2n) is 7.29. The summed E-state index contributed by atoms with van der Waals surface area (Å²) in [7, 11) is 0. The van der Waals surface area contributed by atoms with Gasteiger partial charge in [-0.25, -0.2) is 0 Å². The van der Waals surface area contributed by atoms with Crippen LogP contribution in [0.4, 0.5) is 0 Å². The second kappa shape index (κ2) is 10.6. The largest absolute Gasteiger partial charge is 0.465 e. The summed E-state index contributed by atoms with van der Waals surface area (Å²) in [6, 6.07) is 10.5. The predicted molar refractivity (Wildman–Crippen MR) is 104 cm³/mol. The molecule has 1 atom stereocenters. The maximum Gasteiger partial charge on any atom is 0.326 e. The molecule has 1 unspecified atom stereocenters. The highest BCUT2D eigenvalue weighted by atomic mass is 16.5. The van der Waals surface area contributed by atoms with E-state index in [2.05, 4.69) is 36.5 Å². The molecule has 0 radical (unpaired) electrons. The molecule has 25 heavy (non-hydrogen) atoms. The summed E-state index contributed by atoms with van der Waals surface area (Å²) in [4.78, 5) is 13.1. The first-order valence-electron chi connectivity index (χ1n) is 10.2. The van der Waals surface area contributed by atoms with E-state index in [9.17, 15) is 4.79 Å². The van der Waals surface area contributed by atoms with Crippen molar-refractivity contribution in [2.45, 2.75) is 77.2 Å². The van der Waals surface area contributed by atoms with Gasteiger partial charge in [0.25, 0.3) is 0 Å². The first kappa shape index (κ1) is 20.0. The number of rotatable bonds is 10. The molecule has 0 saturated heterocycles. The molecule has 3 nitrogen and oxygen atoms in total. The van der Waals surface area contributed by atoms with Crippen LogP contribution in [0.2, 0.25) is 0 Å². The quantitative estimate of drug-likeness (QED) is 0.484. The molecule has 1 aliphatic carbocycles. The zero-order valence-electron chi connectivity index (χ0n) is 16.1. The summed E-state index contributed by atoms with van der Waals surface area (Å²) >= 11 is 0. The van der Waals surface area contributed by atoms with E-state index in [0.717, 1.165) is 45.1 Å². The van der Waals surface area contributed by atoms with Crippen LogP contribution in [0.1, 0.15) is 70.8 Å². The van der Waals surface area contributed by atoms with Crippen LogP contribution in [0.5, 0.6) is 0 Å². The number of carbonyl (C=O) groups is 1. The van der Waals surface area contributed by atoms with E-state index in [1.165, 1.54) is 24.8 Å². The van der Waals surface area contributed by atoms with Gasteiger partial charge in [-0.15, -0.1) is 0 Å². The molecule has 1 saturated carbocycles. The lowest BCUT2D eigenvalue weighted by atomic mass is 9.71. The minimum absolute atomic E-state index is 0.0334. The van der Waals surface area contributed by atoms with Crippen LogP contribution in [0, 0.1) is 5.92 Å². The van der Waals surface area contributed by atoms with Gasteiger partial charge < -0.3 is 10.1 Å². The number of esters is 1. The minimum Gasteiger partial charge on any atom is -0.465 e. The van der Waals surface area contributed by atoms with Gasteiger partial charge in [-0.05, 0) is 57.1 Å². The van der Waals surface area contributed by atoms with Gasteiger partial charge in [-0.3, -0.25) is 4.79 Å². The molecule has 0 bridgehead atoms. The van der Waals surface area contributed by atoms with Crippen molar-refractivity contribution < 1.29 is 9.53 Å². The van der Waals surface area contributed by atoms with Crippen molar-refractivity contribution in [2.24, 2.45) is 5.92 Å². The average Bonchev–Trinajstić information content (AvgIpc) is 2.66. The Labute approximate surface area is 153 Å². The van der Waals surface area contributed by atoms with Crippen molar-refractivity contribution in [3.63, 3.8) is 0 Å². The number of ether oxygens (including phenoxy) is 1. The molecular formula is C22H35NO2. The van der Waals surface area contributed by atoms with E-state index >= 15 is 0 Å². The molecule has 1 N–H and O–H groups in total. The molecule has 1 aromatic rings. The van der Waals surface area contributed by atoms with E-state index in [-0.39, 0.29) is 5.97 Å². The monoisotopic (exact) mass is 345 g/mol. The lowest BCUT2D eigenvalue weighted by Gasteiger charge is -2.41. The fourth-order valence-corrected chi connectivity index (χ4v) is 4.11. The molecule has 0 aromatic heterocycles. The van der Waals surface area contributed by atoms with Crippen molar-refractivity contribution in [2.75, 3.05) is 13.2 Å². The standard InChI is InChI=1S/C22H35NO2/c1-3-5-18-23-22(21(24)25-4-2,20-14-10-7-11-15-20)17-16-19-12-8-6-9-13-19/h6,8-9,12-13,20,23H,3-5,7,10-11,14-18H2,1-2H3. The molecule has 1 aliphatic rings. The summed E-state index contributed by atoms with van der Waals surface area (Å²) in [5.74, 6) is 0.356. The van der Waals surface area contributed by atoms with Gasteiger partial charge in [0, 0.05) is 0 Å². The van der Waals surface area contributed by atoms with E-state index in [4.69, 9.17) is 4.74 Å². The Balaban J connectivity index is 2.21. The molecular weight excluding hydrogens is 310 g/mol. The van der Waals surface area contributed by atoms with Gasteiger partial charge in [0.2, 0.25) is 0 Å². The van der Waals surface area contributed by atoms with Crippen LogP contribution < -0.4 is 5.32 Å². The Hall–Kier alpha value is -1.35. The van der Waals surface area contributed by atoms with Crippen molar-refractivity contribution >= 4 is 5.97 Å². The zero-order valence-corrected chi connectivity index (χ0v) is 16.1. The molecule has 0 spiro atoms. The van der Waals surface area contributed by atoms with Gasteiger partial charge in [0.1, 0.15) is 5.54 Å². The Morgan fingerprint density at radius 3 is 2.52 bits per heavy atom. The van der Waals surface area contributed by atoms with E-state index < -0.39 is 5.54 Å². The number of unbranched alkanes of at least 4 members (excludes halogenated alkanes) is 1. The van der Waals surface area contributed by atoms with Crippen LogP contribution in [0.15, 0.2) is 30.3 Å². The lowest BCUT2D eigenvalue weighted by Crippen LogP contribution is -2.59. The number of hydrogen-bond acceptors (Lipinski definition) is 3. The van der Waals surface area contributed by atoms with Gasteiger partial charge in [0.05, 0.1) is 6.61 Å². The Morgan fingerprint density at radius 2 is 1.88 bits per heavy atom. The predicted octanol–water partition coefficient (Wildman–Crippen LogP) is 4.89. The molecule has 0 heterocycles.